The molecule has 2 aromatic carbocycles. The number of furan rings is 1. The number of hydrogen-bond acceptors (Lipinski definition) is 6. The fourth-order valence-electron chi connectivity index (χ4n) is 3.25. The van der Waals surface area contributed by atoms with Gasteiger partial charge in [-0.05, 0) is 60.2 Å². The van der Waals surface area contributed by atoms with E-state index in [9.17, 15) is 18.1 Å². The second kappa shape index (κ2) is 8.65. The number of nitrogens with zero attached hydrogens (tertiary/aromatic N) is 2. The Morgan fingerprint density at radius 1 is 1.06 bits per heavy atom. The molecule has 4 aromatic rings. The standard InChI is InChI=1S/C24H18FN3O3S/c1-32(29,30)21-10-6-16(7-11-21)22-13-18(14-26)24(27-15-20-3-2-12-31-20)28-23(22)17-4-8-19(25)9-5-17/h2-13H,15H2,1H3,(H,27,28). The molecule has 0 saturated heterocycles. The minimum absolute atomic E-state index is 0.190. The van der Waals surface area contributed by atoms with Gasteiger partial charge in [0.25, 0.3) is 0 Å². The summed E-state index contributed by atoms with van der Waals surface area (Å²) in [7, 11) is -3.35. The number of sulfone groups is 1. The first-order valence-corrected chi connectivity index (χ1v) is 11.5. The largest absolute Gasteiger partial charge is 0.467 e. The van der Waals surface area contributed by atoms with Crippen molar-refractivity contribution >= 4 is 15.7 Å². The van der Waals surface area contributed by atoms with Crippen LogP contribution in [0.4, 0.5) is 10.2 Å². The lowest BCUT2D eigenvalue weighted by Gasteiger charge is -2.14. The molecule has 1 N–H and O–H groups in total. The van der Waals surface area contributed by atoms with Gasteiger partial charge in [0.05, 0.1) is 29.0 Å². The molecular formula is C24H18FN3O3S. The number of benzene rings is 2. The van der Waals surface area contributed by atoms with E-state index in [1.165, 1.54) is 24.3 Å². The van der Waals surface area contributed by atoms with E-state index < -0.39 is 9.84 Å². The van der Waals surface area contributed by atoms with Gasteiger partial charge in [0.1, 0.15) is 23.5 Å². The van der Waals surface area contributed by atoms with Crippen molar-refractivity contribution in [2.24, 2.45) is 0 Å². The average molecular weight is 447 g/mol. The van der Waals surface area contributed by atoms with Gasteiger partial charge in [-0.2, -0.15) is 5.26 Å². The van der Waals surface area contributed by atoms with Gasteiger partial charge in [0.2, 0.25) is 0 Å². The first kappa shape index (κ1) is 21.3. The first-order chi connectivity index (χ1) is 15.3. The van der Waals surface area contributed by atoms with Crippen molar-refractivity contribution in [3.63, 3.8) is 0 Å². The van der Waals surface area contributed by atoms with E-state index in [0.717, 1.165) is 6.26 Å². The number of pyridine rings is 1. The lowest BCUT2D eigenvalue weighted by Crippen LogP contribution is -2.05. The van der Waals surface area contributed by atoms with Crippen LogP contribution in [-0.4, -0.2) is 19.7 Å². The highest BCUT2D eigenvalue weighted by molar-refractivity contribution is 7.90. The normalized spacial score (nSPS) is 11.2. The van der Waals surface area contributed by atoms with Crippen molar-refractivity contribution in [3.8, 4) is 28.5 Å². The Morgan fingerprint density at radius 3 is 2.34 bits per heavy atom. The predicted octanol–water partition coefficient (Wildman–Crippen LogP) is 5.03. The predicted molar refractivity (Wildman–Crippen MR) is 119 cm³/mol. The molecule has 0 bridgehead atoms. The van der Waals surface area contributed by atoms with Crippen molar-refractivity contribution in [3.05, 3.63) is 90.1 Å². The van der Waals surface area contributed by atoms with Crippen molar-refractivity contribution < 1.29 is 17.2 Å². The highest BCUT2D eigenvalue weighted by Gasteiger charge is 2.16. The molecule has 8 heteroatoms. The monoisotopic (exact) mass is 447 g/mol. The molecule has 0 aliphatic heterocycles. The van der Waals surface area contributed by atoms with Gasteiger partial charge in [-0.1, -0.05) is 12.1 Å². The van der Waals surface area contributed by atoms with Crippen molar-refractivity contribution in [2.75, 3.05) is 11.6 Å². The summed E-state index contributed by atoms with van der Waals surface area (Å²) in [5, 5.41) is 12.8. The Morgan fingerprint density at radius 2 is 1.75 bits per heavy atom. The number of halogens is 1. The molecule has 6 nitrogen and oxygen atoms in total. The van der Waals surface area contributed by atoms with E-state index in [0.29, 0.717) is 46.1 Å². The van der Waals surface area contributed by atoms with Gasteiger partial charge in [-0.3, -0.25) is 0 Å². The first-order valence-electron chi connectivity index (χ1n) is 9.63. The molecule has 4 rings (SSSR count). The molecule has 0 amide bonds. The minimum atomic E-state index is -3.35. The van der Waals surface area contributed by atoms with Gasteiger partial charge in [0.15, 0.2) is 9.84 Å². The Kier molecular flexibility index (Phi) is 5.75. The molecule has 0 radical (unpaired) electrons. The third kappa shape index (κ3) is 4.53. The molecule has 0 aliphatic rings. The quantitative estimate of drug-likeness (QED) is 0.445. The topological polar surface area (TPSA) is 96.0 Å². The van der Waals surface area contributed by atoms with Crippen LogP contribution in [-0.2, 0) is 16.4 Å². The number of nitriles is 1. The fraction of sp³-hybridized carbons (Fsp3) is 0.0833. The van der Waals surface area contributed by atoms with E-state index in [1.807, 2.05) is 0 Å². The molecule has 0 spiro atoms. The molecule has 0 saturated carbocycles. The Hall–Kier alpha value is -3.96. The smallest absolute Gasteiger partial charge is 0.175 e. The number of aromatic nitrogens is 1. The van der Waals surface area contributed by atoms with Crippen LogP contribution in [0.3, 0.4) is 0 Å². The highest BCUT2D eigenvalue weighted by atomic mass is 32.2. The average Bonchev–Trinajstić information content (AvgIpc) is 3.31. The molecule has 0 aliphatic carbocycles. The van der Waals surface area contributed by atoms with Crippen LogP contribution in [0.5, 0.6) is 0 Å². The summed E-state index contributed by atoms with van der Waals surface area (Å²) in [5.41, 5.74) is 2.79. The molecule has 0 atom stereocenters. The minimum Gasteiger partial charge on any atom is -0.467 e. The van der Waals surface area contributed by atoms with Gasteiger partial charge in [-0.15, -0.1) is 0 Å². The molecule has 32 heavy (non-hydrogen) atoms. The maximum atomic E-state index is 13.5. The zero-order chi connectivity index (χ0) is 22.7. The summed E-state index contributed by atoms with van der Waals surface area (Å²) in [5.74, 6) is 0.664. The maximum Gasteiger partial charge on any atom is 0.175 e. The SMILES string of the molecule is CS(=O)(=O)c1ccc(-c2cc(C#N)c(NCc3ccco3)nc2-c2ccc(F)cc2)cc1. The molecular weight excluding hydrogens is 429 g/mol. The van der Waals surface area contributed by atoms with Crippen LogP contribution < -0.4 is 5.32 Å². The van der Waals surface area contributed by atoms with Gasteiger partial charge in [0, 0.05) is 17.4 Å². The number of rotatable bonds is 6. The summed E-state index contributed by atoms with van der Waals surface area (Å²) in [6, 6.07) is 19.6. The van der Waals surface area contributed by atoms with E-state index in [-0.39, 0.29) is 10.7 Å². The molecule has 0 fully saturated rings. The fourth-order valence-corrected chi connectivity index (χ4v) is 3.88. The summed E-state index contributed by atoms with van der Waals surface area (Å²) >= 11 is 0. The number of anilines is 1. The second-order valence-electron chi connectivity index (χ2n) is 7.13. The summed E-state index contributed by atoms with van der Waals surface area (Å²) in [4.78, 5) is 4.86. The van der Waals surface area contributed by atoms with E-state index in [1.54, 1.807) is 48.7 Å². The van der Waals surface area contributed by atoms with Crippen molar-refractivity contribution in [1.29, 1.82) is 5.26 Å². The van der Waals surface area contributed by atoms with Crippen LogP contribution in [0.15, 0.2) is 82.3 Å². The Bertz CT molecular complexity index is 1390. The van der Waals surface area contributed by atoms with Crippen molar-refractivity contribution in [2.45, 2.75) is 11.4 Å². The third-order valence-corrected chi connectivity index (χ3v) is 5.99. The molecule has 0 unspecified atom stereocenters. The number of hydrogen-bond donors (Lipinski definition) is 1. The van der Waals surface area contributed by atoms with Crippen LogP contribution in [0.25, 0.3) is 22.4 Å². The molecule has 2 aromatic heterocycles. The maximum absolute atomic E-state index is 13.5. The molecule has 160 valence electrons. The second-order valence-corrected chi connectivity index (χ2v) is 9.14. The van der Waals surface area contributed by atoms with Crippen LogP contribution in [0, 0.1) is 17.1 Å². The lowest BCUT2D eigenvalue weighted by atomic mass is 9.97. The lowest BCUT2D eigenvalue weighted by molar-refractivity contribution is 0.518. The third-order valence-electron chi connectivity index (χ3n) is 4.86. The zero-order valence-corrected chi connectivity index (χ0v) is 17.9. The van der Waals surface area contributed by atoms with Crippen molar-refractivity contribution in [1.82, 2.24) is 4.98 Å². The van der Waals surface area contributed by atoms with E-state index in [4.69, 9.17) is 4.42 Å². The van der Waals surface area contributed by atoms with Gasteiger partial charge < -0.3 is 9.73 Å². The number of nitrogens with one attached hydrogen (secondary N) is 1. The van der Waals surface area contributed by atoms with Gasteiger partial charge in [-0.25, -0.2) is 17.8 Å². The Labute approximate surface area is 184 Å². The molecule has 2 heterocycles. The van der Waals surface area contributed by atoms with Crippen LogP contribution in [0.2, 0.25) is 0 Å². The van der Waals surface area contributed by atoms with Crippen LogP contribution in [0.1, 0.15) is 11.3 Å². The zero-order valence-electron chi connectivity index (χ0n) is 17.0. The van der Waals surface area contributed by atoms with Gasteiger partial charge >= 0.3 is 0 Å². The summed E-state index contributed by atoms with van der Waals surface area (Å²) in [6.07, 6.45) is 2.70. The summed E-state index contributed by atoms with van der Waals surface area (Å²) in [6.45, 7) is 0.333. The van der Waals surface area contributed by atoms with E-state index in [2.05, 4.69) is 16.4 Å². The highest BCUT2D eigenvalue weighted by Crippen LogP contribution is 2.34. The Balaban J connectivity index is 1.84. The van der Waals surface area contributed by atoms with Crippen LogP contribution >= 0.6 is 0 Å². The van der Waals surface area contributed by atoms with E-state index >= 15 is 0 Å². The summed E-state index contributed by atoms with van der Waals surface area (Å²) < 4.78 is 42.5.